The predicted octanol–water partition coefficient (Wildman–Crippen LogP) is 2.68. The Morgan fingerprint density at radius 2 is 2.06 bits per heavy atom. The van der Waals surface area contributed by atoms with E-state index in [0.29, 0.717) is 0 Å². The highest BCUT2D eigenvalue weighted by molar-refractivity contribution is 6.68. The summed E-state index contributed by atoms with van der Waals surface area (Å²) < 4.78 is 44.5. The molecule has 0 fully saturated rings. The van der Waals surface area contributed by atoms with Gasteiger partial charge >= 0.3 is 6.36 Å². The molecule has 0 saturated heterocycles. The van der Waals surface area contributed by atoms with Crippen LogP contribution >= 0.6 is 11.6 Å². The van der Waals surface area contributed by atoms with Gasteiger partial charge in [-0.3, -0.25) is 4.79 Å². The molecule has 1 rings (SSSR count). The van der Waals surface area contributed by atoms with Gasteiger partial charge in [0.25, 0.3) is 11.1 Å². The lowest BCUT2D eigenvalue weighted by Gasteiger charge is -2.14. The zero-order valence-electron chi connectivity index (χ0n) is 8.76. The maximum absolute atomic E-state index is 12.1. The molecule has 4 nitrogen and oxygen atoms in total. The van der Waals surface area contributed by atoms with Crippen molar-refractivity contribution in [2.45, 2.75) is 13.3 Å². The van der Waals surface area contributed by atoms with Crippen LogP contribution in [0.15, 0.2) is 6.20 Å². The molecule has 0 N–H and O–H groups in total. The molecule has 0 spiro atoms. The largest absolute Gasteiger partial charge is 0.574 e. The van der Waals surface area contributed by atoms with Crippen molar-refractivity contribution >= 4 is 16.8 Å². The second-order valence-electron chi connectivity index (χ2n) is 2.98. The van der Waals surface area contributed by atoms with Crippen LogP contribution in [0, 0.1) is 6.92 Å². The van der Waals surface area contributed by atoms with Crippen LogP contribution in [-0.4, -0.2) is 23.7 Å². The number of rotatable bonds is 3. The Balaban J connectivity index is 3.33. The van der Waals surface area contributed by atoms with Crippen LogP contribution in [0.2, 0.25) is 0 Å². The van der Waals surface area contributed by atoms with Gasteiger partial charge in [-0.15, -0.1) is 13.2 Å². The van der Waals surface area contributed by atoms with Crippen LogP contribution in [0.1, 0.15) is 15.9 Å². The number of aromatic nitrogens is 1. The number of alkyl halides is 3. The number of aryl methyl sites for hydroxylation is 1. The molecular formula is C9H7ClF3NO3. The second-order valence-corrected chi connectivity index (χ2v) is 3.32. The van der Waals surface area contributed by atoms with Gasteiger partial charge < -0.3 is 9.47 Å². The Labute approximate surface area is 99.3 Å². The molecule has 0 bridgehead atoms. The third-order valence-electron chi connectivity index (χ3n) is 1.80. The summed E-state index contributed by atoms with van der Waals surface area (Å²) in [5.41, 5.74) is 0.0831. The van der Waals surface area contributed by atoms with E-state index in [-0.39, 0.29) is 11.1 Å². The molecule has 1 aromatic heterocycles. The number of hydrogen-bond donors (Lipinski definition) is 0. The van der Waals surface area contributed by atoms with Crippen molar-refractivity contribution in [3.8, 4) is 11.6 Å². The van der Waals surface area contributed by atoms with Gasteiger partial charge in [0.2, 0.25) is 0 Å². The van der Waals surface area contributed by atoms with Gasteiger partial charge in [0.1, 0.15) is 0 Å². The molecule has 8 heteroatoms. The number of nitrogens with zero attached hydrogens (tertiary/aromatic N) is 1. The van der Waals surface area contributed by atoms with Crippen LogP contribution in [0.5, 0.6) is 11.6 Å². The van der Waals surface area contributed by atoms with E-state index in [1.807, 2.05) is 0 Å². The van der Waals surface area contributed by atoms with Crippen molar-refractivity contribution in [2.75, 3.05) is 7.11 Å². The van der Waals surface area contributed by atoms with Crippen LogP contribution in [0.25, 0.3) is 0 Å². The monoisotopic (exact) mass is 269 g/mol. The minimum absolute atomic E-state index is 0.205. The van der Waals surface area contributed by atoms with Gasteiger partial charge in [0, 0.05) is 6.20 Å². The molecule has 0 radical (unpaired) electrons. The van der Waals surface area contributed by atoms with Gasteiger partial charge in [0.05, 0.1) is 12.7 Å². The zero-order valence-corrected chi connectivity index (χ0v) is 9.52. The lowest BCUT2D eigenvalue weighted by atomic mass is 10.1. The number of ether oxygens (including phenoxy) is 2. The minimum atomic E-state index is -4.93. The van der Waals surface area contributed by atoms with Crippen molar-refractivity contribution < 1.29 is 27.4 Å². The summed E-state index contributed by atoms with van der Waals surface area (Å²) in [6.07, 6.45) is -3.89. The fourth-order valence-corrected chi connectivity index (χ4v) is 1.42. The normalized spacial score (nSPS) is 11.2. The van der Waals surface area contributed by atoms with Crippen molar-refractivity contribution in [3.05, 3.63) is 17.3 Å². The standard InChI is InChI=1S/C9H7ClF3NO3/c1-4-3-14-8(17-9(11,12)13)6(16-2)5(4)7(10)15/h3H,1-2H3. The lowest BCUT2D eigenvalue weighted by Crippen LogP contribution is -2.19. The van der Waals surface area contributed by atoms with Crippen molar-refractivity contribution in [3.63, 3.8) is 0 Å². The van der Waals surface area contributed by atoms with Gasteiger partial charge in [-0.2, -0.15) is 0 Å². The van der Waals surface area contributed by atoms with E-state index < -0.39 is 23.2 Å². The SMILES string of the molecule is COc1c(OC(F)(F)F)ncc(C)c1C(=O)Cl. The molecule has 17 heavy (non-hydrogen) atoms. The average molecular weight is 270 g/mol. The summed E-state index contributed by atoms with van der Waals surface area (Å²) in [6, 6.07) is 0. The third kappa shape index (κ3) is 3.23. The summed E-state index contributed by atoms with van der Waals surface area (Å²) in [6.45, 7) is 1.46. The first-order chi connectivity index (χ1) is 7.76. The highest BCUT2D eigenvalue weighted by Crippen LogP contribution is 2.35. The summed E-state index contributed by atoms with van der Waals surface area (Å²) in [5.74, 6) is -1.29. The molecule has 0 saturated carbocycles. The highest BCUT2D eigenvalue weighted by atomic mass is 35.5. The topological polar surface area (TPSA) is 48.4 Å². The number of pyridine rings is 1. The van der Waals surface area contributed by atoms with Gasteiger partial charge in [-0.05, 0) is 24.1 Å². The van der Waals surface area contributed by atoms with Gasteiger partial charge in [0.15, 0.2) is 5.75 Å². The number of carbonyl (C=O) groups is 1. The molecule has 1 aromatic rings. The van der Waals surface area contributed by atoms with Crippen LogP contribution in [-0.2, 0) is 0 Å². The lowest BCUT2D eigenvalue weighted by molar-refractivity contribution is -0.276. The minimum Gasteiger partial charge on any atom is -0.491 e. The highest BCUT2D eigenvalue weighted by Gasteiger charge is 2.34. The van der Waals surface area contributed by atoms with E-state index in [2.05, 4.69) is 14.5 Å². The van der Waals surface area contributed by atoms with Gasteiger partial charge in [-0.25, -0.2) is 4.98 Å². The van der Waals surface area contributed by atoms with E-state index in [1.54, 1.807) is 0 Å². The molecule has 0 aliphatic heterocycles. The Morgan fingerprint density at radius 3 is 2.47 bits per heavy atom. The Bertz CT molecular complexity index is 448. The summed E-state index contributed by atoms with van der Waals surface area (Å²) in [5, 5.41) is -0.950. The van der Waals surface area contributed by atoms with Gasteiger partial charge in [-0.1, -0.05) is 0 Å². The summed E-state index contributed by atoms with van der Waals surface area (Å²) in [4.78, 5) is 14.5. The van der Waals surface area contributed by atoms with E-state index in [4.69, 9.17) is 11.6 Å². The molecular weight excluding hydrogens is 263 g/mol. The molecule has 0 aromatic carbocycles. The zero-order chi connectivity index (χ0) is 13.2. The molecule has 1 heterocycles. The third-order valence-corrected chi connectivity index (χ3v) is 1.99. The average Bonchev–Trinajstić information content (AvgIpc) is 2.17. The first-order valence-electron chi connectivity index (χ1n) is 4.25. The Kier molecular flexibility index (Phi) is 3.82. The van der Waals surface area contributed by atoms with E-state index in [9.17, 15) is 18.0 Å². The molecule has 94 valence electrons. The van der Waals surface area contributed by atoms with Crippen LogP contribution in [0.4, 0.5) is 13.2 Å². The van der Waals surface area contributed by atoms with Crippen molar-refractivity contribution in [1.29, 1.82) is 0 Å². The molecule has 0 atom stereocenters. The maximum Gasteiger partial charge on any atom is 0.574 e. The summed E-state index contributed by atoms with van der Waals surface area (Å²) in [7, 11) is 1.09. The molecule has 0 aliphatic carbocycles. The summed E-state index contributed by atoms with van der Waals surface area (Å²) >= 11 is 5.25. The number of carbonyl (C=O) groups excluding carboxylic acids is 1. The van der Waals surface area contributed by atoms with E-state index in [1.165, 1.54) is 6.92 Å². The Morgan fingerprint density at radius 1 is 1.47 bits per heavy atom. The first kappa shape index (κ1) is 13.6. The molecule has 0 aliphatic rings. The second kappa shape index (κ2) is 4.79. The number of halogens is 4. The number of methoxy groups -OCH3 is 1. The van der Waals surface area contributed by atoms with Crippen molar-refractivity contribution in [1.82, 2.24) is 4.98 Å². The quantitative estimate of drug-likeness (QED) is 0.792. The fraction of sp³-hybridized carbons (Fsp3) is 0.333. The fourth-order valence-electron chi connectivity index (χ4n) is 1.18. The van der Waals surface area contributed by atoms with Crippen LogP contribution < -0.4 is 9.47 Å². The van der Waals surface area contributed by atoms with E-state index in [0.717, 1.165) is 13.3 Å². The first-order valence-corrected chi connectivity index (χ1v) is 4.63. The number of hydrogen-bond acceptors (Lipinski definition) is 4. The molecule has 0 unspecified atom stereocenters. The molecule has 0 amide bonds. The van der Waals surface area contributed by atoms with E-state index >= 15 is 0 Å². The predicted molar refractivity (Wildman–Crippen MR) is 52.4 cm³/mol. The maximum atomic E-state index is 12.1. The Hall–Kier alpha value is -1.50. The van der Waals surface area contributed by atoms with Crippen LogP contribution in [0.3, 0.4) is 0 Å². The van der Waals surface area contributed by atoms with Crippen molar-refractivity contribution in [2.24, 2.45) is 0 Å². The smallest absolute Gasteiger partial charge is 0.491 e.